The van der Waals surface area contributed by atoms with E-state index in [0.717, 1.165) is 0 Å². The first-order chi connectivity index (χ1) is 6.68. The van der Waals surface area contributed by atoms with Crippen LogP contribution < -0.4 is 10.5 Å². The molecule has 1 aliphatic heterocycles. The minimum atomic E-state index is -1.27. The Morgan fingerprint density at radius 3 is 3.07 bits per heavy atom. The summed E-state index contributed by atoms with van der Waals surface area (Å²) in [5, 5.41) is 0. The lowest BCUT2D eigenvalue weighted by Gasteiger charge is -2.21. The number of alkyl halides is 1. The van der Waals surface area contributed by atoms with Crippen molar-refractivity contribution in [2.24, 2.45) is 5.73 Å². The number of fused-ring (bicyclic) bond motifs is 1. The van der Waals surface area contributed by atoms with Crippen LogP contribution in [0.2, 0.25) is 0 Å². The predicted octanol–water partition coefficient (Wildman–Crippen LogP) is 1.41. The number of hydrogen-bond acceptors (Lipinski definition) is 2. The molecule has 74 valence electrons. The van der Waals surface area contributed by atoms with Crippen molar-refractivity contribution in [1.82, 2.24) is 0 Å². The molecule has 2 N–H and O–H groups in total. The summed E-state index contributed by atoms with van der Waals surface area (Å²) in [5.74, 6) is -0.0668. The van der Waals surface area contributed by atoms with Crippen molar-refractivity contribution in [3.63, 3.8) is 0 Å². The van der Waals surface area contributed by atoms with E-state index >= 15 is 0 Å². The molecule has 14 heavy (non-hydrogen) atoms. The number of carbonyl (C=O) groups excluding carboxylic acids is 1. The smallest absolute Gasteiger partial charge is 0.249 e. The number of nitrogens with two attached hydrogens (primary N) is 1. The van der Waals surface area contributed by atoms with Crippen LogP contribution in [-0.2, 0) is 6.42 Å². The van der Waals surface area contributed by atoms with Crippen LogP contribution >= 0.6 is 0 Å². The molecule has 4 heteroatoms. The lowest BCUT2D eigenvalue weighted by atomic mass is 9.99. The Morgan fingerprint density at radius 1 is 1.57 bits per heavy atom. The zero-order valence-corrected chi connectivity index (χ0v) is 7.50. The summed E-state index contributed by atoms with van der Waals surface area (Å²) in [4.78, 5) is 11.0. The maximum absolute atomic E-state index is 12.9. The van der Waals surface area contributed by atoms with E-state index in [9.17, 15) is 9.18 Å². The molecular weight excluding hydrogens is 185 g/mol. The van der Waals surface area contributed by atoms with E-state index in [1.54, 1.807) is 18.2 Å². The summed E-state index contributed by atoms with van der Waals surface area (Å²) in [6.07, 6.45) is -0.502. The third-order valence-electron chi connectivity index (χ3n) is 2.27. The zero-order valence-electron chi connectivity index (χ0n) is 7.50. The number of ether oxygens (including phenoxy) is 1. The van der Waals surface area contributed by atoms with Gasteiger partial charge in [0, 0.05) is 17.5 Å². The Morgan fingerprint density at radius 2 is 2.36 bits per heavy atom. The summed E-state index contributed by atoms with van der Waals surface area (Å²) >= 11 is 0. The number of primary amides is 1. The number of halogens is 1. The maximum Gasteiger partial charge on any atom is 0.249 e. The third-order valence-corrected chi connectivity index (χ3v) is 2.27. The van der Waals surface area contributed by atoms with Gasteiger partial charge in [-0.2, -0.15) is 0 Å². The van der Waals surface area contributed by atoms with Gasteiger partial charge in [-0.3, -0.25) is 4.79 Å². The highest BCUT2D eigenvalue weighted by Crippen LogP contribution is 2.30. The summed E-state index contributed by atoms with van der Waals surface area (Å²) in [6.45, 7) is 0. The molecule has 0 fully saturated rings. The van der Waals surface area contributed by atoms with E-state index in [1.165, 1.54) is 0 Å². The second-order valence-corrected chi connectivity index (χ2v) is 3.21. The molecule has 0 aromatic heterocycles. The van der Waals surface area contributed by atoms with Gasteiger partial charge in [0.05, 0.1) is 0 Å². The van der Waals surface area contributed by atoms with Gasteiger partial charge in [-0.05, 0) is 18.6 Å². The Balaban J connectivity index is 2.46. The Bertz CT molecular complexity index is 378. The minimum Gasteiger partial charge on any atom is -0.460 e. The van der Waals surface area contributed by atoms with Crippen LogP contribution in [-0.4, -0.2) is 12.3 Å². The monoisotopic (exact) mass is 195 g/mol. The highest BCUT2D eigenvalue weighted by Gasteiger charge is 2.22. The first kappa shape index (κ1) is 8.99. The number of benzene rings is 1. The molecule has 3 nitrogen and oxygen atoms in total. The van der Waals surface area contributed by atoms with Gasteiger partial charge in [0.2, 0.25) is 12.3 Å². The normalized spacial score (nSPS) is 19.6. The molecule has 1 unspecified atom stereocenters. The van der Waals surface area contributed by atoms with E-state index in [-0.39, 0.29) is 6.42 Å². The second kappa shape index (κ2) is 3.29. The van der Waals surface area contributed by atoms with Crippen LogP contribution in [0, 0.1) is 0 Å². The van der Waals surface area contributed by atoms with Gasteiger partial charge in [0.15, 0.2) is 0 Å². The first-order valence-electron chi connectivity index (χ1n) is 4.41. The van der Waals surface area contributed by atoms with E-state index < -0.39 is 12.3 Å². The molecule has 0 aliphatic carbocycles. The highest BCUT2D eigenvalue weighted by molar-refractivity contribution is 5.95. The van der Waals surface area contributed by atoms with Crippen LogP contribution in [0.25, 0.3) is 0 Å². The molecule has 0 spiro atoms. The van der Waals surface area contributed by atoms with Crippen molar-refractivity contribution in [3.8, 4) is 5.75 Å². The predicted molar refractivity (Wildman–Crippen MR) is 48.8 cm³/mol. The van der Waals surface area contributed by atoms with Gasteiger partial charge < -0.3 is 10.5 Å². The molecule has 0 saturated heterocycles. The van der Waals surface area contributed by atoms with Crippen LogP contribution in [0.1, 0.15) is 22.3 Å². The fourth-order valence-electron chi connectivity index (χ4n) is 1.62. The lowest BCUT2D eigenvalue weighted by molar-refractivity contribution is 0.0473. The summed E-state index contributed by atoms with van der Waals surface area (Å²) in [5.41, 5.74) is 6.33. The molecule has 0 saturated carbocycles. The fourth-order valence-corrected chi connectivity index (χ4v) is 1.62. The summed E-state index contributed by atoms with van der Waals surface area (Å²) in [7, 11) is 0. The van der Waals surface area contributed by atoms with Gasteiger partial charge in [-0.25, -0.2) is 4.39 Å². The van der Waals surface area contributed by atoms with Crippen LogP contribution in [0.5, 0.6) is 5.75 Å². The van der Waals surface area contributed by atoms with Gasteiger partial charge in [0.1, 0.15) is 5.75 Å². The van der Waals surface area contributed by atoms with E-state index in [1.807, 2.05) is 0 Å². The van der Waals surface area contributed by atoms with Crippen LogP contribution in [0.4, 0.5) is 4.39 Å². The topological polar surface area (TPSA) is 52.3 Å². The number of rotatable bonds is 1. The average molecular weight is 195 g/mol. The van der Waals surface area contributed by atoms with Crippen LogP contribution in [0.15, 0.2) is 18.2 Å². The average Bonchev–Trinajstić information content (AvgIpc) is 2.16. The number of carbonyl (C=O) groups is 1. The van der Waals surface area contributed by atoms with Crippen LogP contribution in [0.3, 0.4) is 0 Å². The number of hydrogen-bond donors (Lipinski definition) is 1. The van der Waals surface area contributed by atoms with Crippen molar-refractivity contribution in [2.75, 3.05) is 0 Å². The lowest BCUT2D eigenvalue weighted by Crippen LogP contribution is -2.21. The third kappa shape index (κ3) is 1.43. The molecule has 1 aliphatic rings. The molecule has 1 aromatic carbocycles. The zero-order chi connectivity index (χ0) is 10.1. The molecule has 2 rings (SSSR count). The molecule has 1 atom stereocenters. The number of amides is 1. The Kier molecular flexibility index (Phi) is 2.11. The van der Waals surface area contributed by atoms with E-state index in [4.69, 9.17) is 10.5 Å². The van der Waals surface area contributed by atoms with Gasteiger partial charge >= 0.3 is 0 Å². The van der Waals surface area contributed by atoms with E-state index in [0.29, 0.717) is 23.3 Å². The molecule has 1 aromatic rings. The van der Waals surface area contributed by atoms with E-state index in [2.05, 4.69) is 0 Å². The SMILES string of the molecule is NC(=O)c1cccc2c1CCC(F)O2. The quantitative estimate of drug-likeness (QED) is 0.736. The largest absolute Gasteiger partial charge is 0.460 e. The second-order valence-electron chi connectivity index (χ2n) is 3.21. The van der Waals surface area contributed by atoms with Gasteiger partial charge in [-0.15, -0.1) is 0 Å². The molecule has 1 amide bonds. The molecular formula is C10H10FNO2. The molecule has 0 bridgehead atoms. The van der Waals surface area contributed by atoms with Crippen molar-refractivity contribution >= 4 is 5.91 Å². The Hall–Kier alpha value is -1.58. The van der Waals surface area contributed by atoms with Gasteiger partial charge in [0.25, 0.3) is 0 Å². The molecule has 0 radical (unpaired) electrons. The maximum atomic E-state index is 12.9. The van der Waals surface area contributed by atoms with Crippen molar-refractivity contribution < 1.29 is 13.9 Å². The summed E-state index contributed by atoms with van der Waals surface area (Å²) in [6, 6.07) is 4.91. The first-order valence-corrected chi connectivity index (χ1v) is 4.41. The summed E-state index contributed by atoms with van der Waals surface area (Å²) < 4.78 is 17.8. The van der Waals surface area contributed by atoms with Gasteiger partial charge in [-0.1, -0.05) is 6.07 Å². The van der Waals surface area contributed by atoms with Crippen molar-refractivity contribution in [2.45, 2.75) is 19.2 Å². The Labute approximate surface area is 80.7 Å². The molecule has 1 heterocycles. The van der Waals surface area contributed by atoms with Crippen molar-refractivity contribution in [1.29, 1.82) is 0 Å². The fraction of sp³-hybridized carbons (Fsp3) is 0.300. The highest BCUT2D eigenvalue weighted by atomic mass is 19.1. The standard InChI is InChI=1S/C10H10FNO2/c11-9-5-4-6-7(10(12)13)2-1-3-8(6)14-9/h1-3,9H,4-5H2,(H2,12,13). The minimum absolute atomic E-state index is 0.275. The van der Waals surface area contributed by atoms with Crippen molar-refractivity contribution in [3.05, 3.63) is 29.3 Å².